The van der Waals surface area contributed by atoms with E-state index in [0.717, 1.165) is 16.7 Å². The quantitative estimate of drug-likeness (QED) is 0.475. The molecular formula is C26H23NO4. The summed E-state index contributed by atoms with van der Waals surface area (Å²) in [5.41, 5.74) is 4.67. The number of amides is 1. The van der Waals surface area contributed by atoms with Crippen LogP contribution in [0.1, 0.15) is 16.7 Å². The molecule has 0 aliphatic heterocycles. The molecule has 0 atom stereocenters. The van der Waals surface area contributed by atoms with Crippen LogP contribution in [0.25, 0.3) is 22.3 Å². The van der Waals surface area contributed by atoms with Gasteiger partial charge in [0.25, 0.3) is 5.91 Å². The fourth-order valence-corrected chi connectivity index (χ4v) is 3.29. The van der Waals surface area contributed by atoms with E-state index in [1.165, 1.54) is 0 Å². The first-order valence-corrected chi connectivity index (χ1v) is 10.0. The Labute approximate surface area is 180 Å². The highest BCUT2D eigenvalue weighted by molar-refractivity contribution is 5.92. The van der Waals surface area contributed by atoms with E-state index < -0.39 is 0 Å². The van der Waals surface area contributed by atoms with E-state index in [2.05, 4.69) is 5.32 Å². The van der Waals surface area contributed by atoms with Gasteiger partial charge in [0.15, 0.2) is 12.4 Å². The second-order valence-corrected chi connectivity index (χ2v) is 7.66. The molecule has 0 spiro atoms. The van der Waals surface area contributed by atoms with E-state index >= 15 is 0 Å². The zero-order valence-electron chi connectivity index (χ0n) is 17.7. The van der Waals surface area contributed by atoms with Gasteiger partial charge in [-0.1, -0.05) is 59.2 Å². The molecule has 0 saturated carbocycles. The normalized spacial score (nSPS) is 10.8. The molecule has 5 heteroatoms. The molecule has 1 amide bonds. The third-order valence-electron chi connectivity index (χ3n) is 5.00. The number of rotatable bonds is 5. The van der Waals surface area contributed by atoms with Crippen molar-refractivity contribution in [2.75, 3.05) is 11.9 Å². The van der Waals surface area contributed by atoms with Gasteiger partial charge in [-0.25, -0.2) is 0 Å². The van der Waals surface area contributed by atoms with Gasteiger partial charge in [0.2, 0.25) is 11.2 Å². The van der Waals surface area contributed by atoms with Gasteiger partial charge in [0.1, 0.15) is 5.58 Å². The van der Waals surface area contributed by atoms with E-state index in [4.69, 9.17) is 9.15 Å². The summed E-state index contributed by atoms with van der Waals surface area (Å²) in [5.74, 6) is -0.0204. The van der Waals surface area contributed by atoms with Crippen LogP contribution >= 0.6 is 0 Å². The standard InChI is InChI=1S/C26H23NO4/c1-16-4-9-19(10-5-16)25-26(24(29)21-14-18(3)8-13-22(21)31-25)30-15-23(28)27-20-11-6-17(2)7-12-20/h4-14H,15H2,1-3H3,(H,27,28). The van der Waals surface area contributed by atoms with Gasteiger partial charge in [-0.15, -0.1) is 0 Å². The van der Waals surface area contributed by atoms with Gasteiger partial charge in [0, 0.05) is 11.3 Å². The molecule has 3 aromatic carbocycles. The van der Waals surface area contributed by atoms with E-state index in [1.807, 2.05) is 75.4 Å². The lowest BCUT2D eigenvalue weighted by Gasteiger charge is -2.12. The number of nitrogens with one attached hydrogen (secondary N) is 1. The Balaban J connectivity index is 1.69. The molecule has 0 aliphatic carbocycles. The molecule has 0 aliphatic rings. The van der Waals surface area contributed by atoms with Gasteiger partial charge in [-0.05, 0) is 45.0 Å². The van der Waals surface area contributed by atoms with Crippen LogP contribution in [0.5, 0.6) is 5.75 Å². The molecule has 31 heavy (non-hydrogen) atoms. The highest BCUT2D eigenvalue weighted by Crippen LogP contribution is 2.31. The van der Waals surface area contributed by atoms with Gasteiger partial charge < -0.3 is 14.5 Å². The fraction of sp³-hybridized carbons (Fsp3) is 0.154. The highest BCUT2D eigenvalue weighted by Gasteiger charge is 2.19. The Hall–Kier alpha value is -3.86. The second kappa shape index (κ2) is 8.48. The van der Waals surface area contributed by atoms with Gasteiger partial charge in [0.05, 0.1) is 5.39 Å². The van der Waals surface area contributed by atoms with E-state index in [1.54, 1.807) is 12.1 Å². The maximum absolute atomic E-state index is 13.2. The zero-order chi connectivity index (χ0) is 22.0. The van der Waals surface area contributed by atoms with Crippen molar-refractivity contribution in [2.24, 2.45) is 0 Å². The van der Waals surface area contributed by atoms with Crippen LogP contribution in [0.3, 0.4) is 0 Å². The first-order chi connectivity index (χ1) is 14.9. The third-order valence-corrected chi connectivity index (χ3v) is 5.00. The summed E-state index contributed by atoms with van der Waals surface area (Å²) in [5, 5.41) is 3.20. The number of hydrogen-bond donors (Lipinski definition) is 1. The van der Waals surface area contributed by atoms with Crippen LogP contribution in [0.2, 0.25) is 0 Å². The Morgan fingerprint density at radius 3 is 2.16 bits per heavy atom. The summed E-state index contributed by atoms with van der Waals surface area (Å²) in [6.45, 7) is 5.55. The molecule has 0 unspecified atom stereocenters. The molecular weight excluding hydrogens is 390 g/mol. The maximum atomic E-state index is 13.2. The van der Waals surface area contributed by atoms with E-state index in [-0.39, 0.29) is 23.7 Å². The minimum atomic E-state index is -0.359. The molecule has 5 nitrogen and oxygen atoms in total. The Morgan fingerprint density at radius 2 is 1.48 bits per heavy atom. The van der Waals surface area contributed by atoms with E-state index in [9.17, 15) is 9.59 Å². The van der Waals surface area contributed by atoms with Crippen molar-refractivity contribution in [2.45, 2.75) is 20.8 Å². The smallest absolute Gasteiger partial charge is 0.262 e. The number of anilines is 1. The minimum Gasteiger partial charge on any atom is -0.476 e. The highest BCUT2D eigenvalue weighted by atomic mass is 16.5. The van der Waals surface area contributed by atoms with Crippen molar-refractivity contribution in [3.05, 3.63) is 93.6 Å². The van der Waals surface area contributed by atoms with Gasteiger partial charge in [-0.2, -0.15) is 0 Å². The van der Waals surface area contributed by atoms with Crippen molar-refractivity contribution in [1.29, 1.82) is 0 Å². The number of hydrogen-bond acceptors (Lipinski definition) is 4. The summed E-state index contributed by atoms with van der Waals surface area (Å²) in [6.07, 6.45) is 0. The average molecular weight is 413 g/mol. The summed E-state index contributed by atoms with van der Waals surface area (Å²) in [4.78, 5) is 25.7. The topological polar surface area (TPSA) is 68.5 Å². The molecule has 156 valence electrons. The molecule has 1 N–H and O–H groups in total. The van der Waals surface area contributed by atoms with Crippen molar-refractivity contribution in [3.63, 3.8) is 0 Å². The van der Waals surface area contributed by atoms with Crippen molar-refractivity contribution >= 4 is 22.6 Å². The minimum absolute atomic E-state index is 0.0287. The Morgan fingerprint density at radius 1 is 0.871 bits per heavy atom. The van der Waals surface area contributed by atoms with Gasteiger partial charge >= 0.3 is 0 Å². The number of ether oxygens (including phenoxy) is 1. The van der Waals surface area contributed by atoms with Crippen LogP contribution in [-0.4, -0.2) is 12.5 Å². The summed E-state index contributed by atoms with van der Waals surface area (Å²) in [7, 11) is 0. The first kappa shape index (κ1) is 20.4. The Bertz CT molecular complexity index is 1300. The van der Waals surface area contributed by atoms with Crippen LogP contribution in [0.4, 0.5) is 5.69 Å². The number of benzene rings is 3. The van der Waals surface area contributed by atoms with Crippen LogP contribution in [-0.2, 0) is 4.79 Å². The monoisotopic (exact) mass is 413 g/mol. The lowest BCUT2D eigenvalue weighted by Crippen LogP contribution is -2.22. The lowest BCUT2D eigenvalue weighted by molar-refractivity contribution is -0.118. The zero-order valence-corrected chi connectivity index (χ0v) is 17.7. The van der Waals surface area contributed by atoms with Crippen molar-refractivity contribution in [3.8, 4) is 17.1 Å². The molecule has 0 fully saturated rings. The predicted molar refractivity (Wildman–Crippen MR) is 123 cm³/mol. The van der Waals surface area contributed by atoms with Crippen molar-refractivity contribution < 1.29 is 13.9 Å². The van der Waals surface area contributed by atoms with Gasteiger partial charge in [-0.3, -0.25) is 9.59 Å². The predicted octanol–water partition coefficient (Wildman–Crippen LogP) is 5.40. The Kier molecular flexibility index (Phi) is 5.58. The molecule has 0 bridgehead atoms. The van der Waals surface area contributed by atoms with Crippen LogP contribution < -0.4 is 15.5 Å². The summed E-state index contributed by atoms with van der Waals surface area (Å²) >= 11 is 0. The molecule has 4 aromatic rings. The van der Waals surface area contributed by atoms with E-state index in [0.29, 0.717) is 28.0 Å². The molecule has 0 radical (unpaired) electrons. The number of aryl methyl sites for hydroxylation is 3. The van der Waals surface area contributed by atoms with Crippen LogP contribution in [0.15, 0.2) is 75.9 Å². The number of fused-ring (bicyclic) bond motifs is 1. The lowest BCUT2D eigenvalue weighted by atomic mass is 10.1. The SMILES string of the molecule is Cc1ccc(NC(=O)COc2c(-c3ccc(C)cc3)oc3ccc(C)cc3c2=O)cc1. The average Bonchev–Trinajstić information content (AvgIpc) is 2.75. The number of carbonyl (C=O) groups excluding carboxylic acids is 1. The molecule has 1 aromatic heterocycles. The second-order valence-electron chi connectivity index (χ2n) is 7.66. The van der Waals surface area contributed by atoms with Crippen molar-refractivity contribution in [1.82, 2.24) is 0 Å². The number of carbonyl (C=O) groups is 1. The summed E-state index contributed by atoms with van der Waals surface area (Å²) in [6, 6.07) is 20.5. The molecule has 0 saturated heterocycles. The van der Waals surface area contributed by atoms with Crippen LogP contribution in [0, 0.1) is 20.8 Å². The molecule has 4 rings (SSSR count). The first-order valence-electron chi connectivity index (χ1n) is 10.0. The third kappa shape index (κ3) is 4.51. The summed E-state index contributed by atoms with van der Waals surface area (Å²) < 4.78 is 11.8. The molecule has 1 heterocycles. The fourth-order valence-electron chi connectivity index (χ4n) is 3.29. The largest absolute Gasteiger partial charge is 0.476 e. The maximum Gasteiger partial charge on any atom is 0.262 e.